The maximum Gasteiger partial charge on any atom is 0.193 e. The molecule has 0 saturated carbocycles. The normalized spacial score (nSPS) is 9.93. The van der Waals surface area contributed by atoms with Crippen LogP contribution in [0.3, 0.4) is 0 Å². The van der Waals surface area contributed by atoms with Crippen LogP contribution in [-0.4, -0.2) is 25.3 Å². The quantitative estimate of drug-likeness (QED) is 0.254. The van der Waals surface area contributed by atoms with Crippen molar-refractivity contribution < 1.29 is 9.53 Å². The Morgan fingerprint density at radius 3 is 2.50 bits per heavy atom. The fourth-order valence-corrected chi connectivity index (χ4v) is 3.03. The van der Waals surface area contributed by atoms with Crippen LogP contribution >= 0.6 is 0 Å². The van der Waals surface area contributed by atoms with E-state index in [2.05, 4.69) is 17.2 Å². The Kier molecular flexibility index (Phi) is 6.51. The zero-order valence-corrected chi connectivity index (χ0v) is 17.0. The molecule has 5 heteroatoms. The number of carbonyl (C=O) groups is 1. The van der Waals surface area contributed by atoms with E-state index in [0.29, 0.717) is 29.0 Å². The molecule has 0 saturated heterocycles. The number of hydrogen-bond donors (Lipinski definition) is 3. The number of anilines is 1. The number of aryl methyl sites for hydroxylation is 1. The van der Waals surface area contributed by atoms with Crippen LogP contribution in [-0.2, 0) is 0 Å². The minimum atomic E-state index is -0.01000. The van der Waals surface area contributed by atoms with Gasteiger partial charge in [-0.25, -0.2) is 0 Å². The van der Waals surface area contributed by atoms with Gasteiger partial charge in [-0.15, -0.1) is 0 Å². The van der Waals surface area contributed by atoms with E-state index < -0.39 is 0 Å². The standard InChI is InChI=1S/C25H23N3O2/c1-17-15-18(10-12-21(17)24(29)19-8-4-3-5-9-19)7-6-14-28-22-13-11-20(25(26)27)16-23(22)30-2/h3-5,8-13,15-16,28H,14H2,1-2H3,(H3,26,27). The van der Waals surface area contributed by atoms with Crippen molar-refractivity contribution >= 4 is 17.3 Å². The van der Waals surface area contributed by atoms with E-state index in [0.717, 1.165) is 16.8 Å². The maximum absolute atomic E-state index is 12.6. The number of benzene rings is 3. The predicted octanol–water partition coefficient (Wildman–Crippen LogP) is 3.98. The molecular formula is C25H23N3O2. The van der Waals surface area contributed by atoms with Crippen LogP contribution in [0.4, 0.5) is 5.69 Å². The molecule has 0 spiro atoms. The Labute approximate surface area is 176 Å². The van der Waals surface area contributed by atoms with Gasteiger partial charge in [0.05, 0.1) is 19.3 Å². The molecule has 0 heterocycles. The molecule has 0 bridgehead atoms. The number of ether oxygens (including phenoxy) is 1. The lowest BCUT2D eigenvalue weighted by Gasteiger charge is -2.10. The first kappa shape index (κ1) is 20.7. The lowest BCUT2D eigenvalue weighted by atomic mass is 9.97. The Hall–Kier alpha value is -4.04. The van der Waals surface area contributed by atoms with Crippen LogP contribution < -0.4 is 15.8 Å². The molecule has 3 aromatic rings. The number of carbonyl (C=O) groups excluding carboxylic acids is 1. The molecular weight excluding hydrogens is 374 g/mol. The highest BCUT2D eigenvalue weighted by Gasteiger charge is 2.11. The Balaban J connectivity index is 1.68. The third-order valence-corrected chi connectivity index (χ3v) is 4.62. The Morgan fingerprint density at radius 2 is 1.83 bits per heavy atom. The highest BCUT2D eigenvalue weighted by atomic mass is 16.5. The van der Waals surface area contributed by atoms with Crippen LogP contribution in [0, 0.1) is 24.2 Å². The molecule has 0 amide bonds. The smallest absolute Gasteiger partial charge is 0.193 e. The number of ketones is 1. The highest BCUT2D eigenvalue weighted by molar-refractivity contribution is 6.09. The number of nitrogen functional groups attached to an aromatic ring is 1. The van der Waals surface area contributed by atoms with E-state index in [-0.39, 0.29) is 11.6 Å². The lowest BCUT2D eigenvalue weighted by Crippen LogP contribution is -2.11. The van der Waals surface area contributed by atoms with E-state index in [1.165, 1.54) is 0 Å². The van der Waals surface area contributed by atoms with Crippen molar-refractivity contribution in [1.29, 1.82) is 5.41 Å². The lowest BCUT2D eigenvalue weighted by molar-refractivity contribution is 0.103. The van der Waals surface area contributed by atoms with Crippen LogP contribution in [0.15, 0.2) is 66.7 Å². The van der Waals surface area contributed by atoms with Crippen molar-refractivity contribution in [3.63, 3.8) is 0 Å². The first-order valence-corrected chi connectivity index (χ1v) is 9.45. The third-order valence-electron chi connectivity index (χ3n) is 4.62. The fourth-order valence-electron chi connectivity index (χ4n) is 3.03. The van der Waals surface area contributed by atoms with Crippen molar-refractivity contribution in [3.8, 4) is 17.6 Å². The molecule has 5 nitrogen and oxygen atoms in total. The largest absolute Gasteiger partial charge is 0.495 e. The summed E-state index contributed by atoms with van der Waals surface area (Å²) in [5.41, 5.74) is 9.98. The second-order valence-corrected chi connectivity index (χ2v) is 6.71. The SMILES string of the molecule is COc1cc(C(=N)N)ccc1NCC#Cc1ccc(C(=O)c2ccccc2)c(C)c1. The van der Waals surface area contributed by atoms with Gasteiger partial charge in [0.25, 0.3) is 0 Å². The summed E-state index contributed by atoms with van der Waals surface area (Å²) in [6, 6.07) is 20.1. The van der Waals surface area contributed by atoms with Gasteiger partial charge in [0.1, 0.15) is 11.6 Å². The number of rotatable bonds is 6. The van der Waals surface area contributed by atoms with E-state index >= 15 is 0 Å². The average Bonchev–Trinajstić information content (AvgIpc) is 2.77. The molecule has 3 aromatic carbocycles. The van der Waals surface area contributed by atoms with Gasteiger partial charge in [-0.05, 0) is 48.9 Å². The van der Waals surface area contributed by atoms with E-state index in [9.17, 15) is 4.79 Å². The van der Waals surface area contributed by atoms with Crippen LogP contribution in [0.1, 0.15) is 32.6 Å². The summed E-state index contributed by atoms with van der Waals surface area (Å²) in [6.45, 7) is 2.33. The minimum Gasteiger partial charge on any atom is -0.495 e. The summed E-state index contributed by atoms with van der Waals surface area (Å²) in [5.74, 6) is 6.79. The van der Waals surface area contributed by atoms with Crippen LogP contribution in [0.2, 0.25) is 0 Å². The summed E-state index contributed by atoms with van der Waals surface area (Å²) >= 11 is 0. The monoisotopic (exact) mass is 397 g/mol. The topological polar surface area (TPSA) is 88.2 Å². The molecule has 150 valence electrons. The second-order valence-electron chi connectivity index (χ2n) is 6.71. The minimum absolute atomic E-state index is 0.00961. The zero-order chi connectivity index (χ0) is 21.5. The first-order chi connectivity index (χ1) is 14.5. The summed E-state index contributed by atoms with van der Waals surface area (Å²) < 4.78 is 5.34. The van der Waals surface area contributed by atoms with Gasteiger partial charge in [-0.2, -0.15) is 0 Å². The van der Waals surface area contributed by atoms with Crippen molar-refractivity contribution in [1.82, 2.24) is 0 Å². The van der Waals surface area contributed by atoms with E-state index in [4.69, 9.17) is 15.9 Å². The molecule has 0 aliphatic heterocycles. The van der Waals surface area contributed by atoms with Gasteiger partial charge in [-0.1, -0.05) is 42.2 Å². The molecule has 0 aromatic heterocycles. The van der Waals surface area contributed by atoms with Gasteiger partial charge in [-0.3, -0.25) is 10.2 Å². The summed E-state index contributed by atoms with van der Waals surface area (Å²) in [6.07, 6.45) is 0. The number of methoxy groups -OCH3 is 1. The van der Waals surface area contributed by atoms with Crippen molar-refractivity contribution in [2.24, 2.45) is 5.73 Å². The number of hydrogen-bond acceptors (Lipinski definition) is 4. The Morgan fingerprint density at radius 1 is 1.07 bits per heavy atom. The summed E-state index contributed by atoms with van der Waals surface area (Å²) in [5, 5.41) is 10.7. The molecule has 0 fully saturated rings. The average molecular weight is 397 g/mol. The third kappa shape index (κ3) is 4.86. The predicted molar refractivity (Wildman–Crippen MR) is 120 cm³/mol. The van der Waals surface area contributed by atoms with Gasteiger partial charge in [0.2, 0.25) is 0 Å². The number of nitrogens with one attached hydrogen (secondary N) is 2. The molecule has 0 unspecified atom stereocenters. The van der Waals surface area contributed by atoms with Gasteiger partial charge in [0.15, 0.2) is 5.78 Å². The van der Waals surface area contributed by atoms with E-state index in [1.54, 1.807) is 19.2 Å². The molecule has 3 rings (SSSR count). The van der Waals surface area contributed by atoms with Crippen LogP contribution in [0.5, 0.6) is 5.75 Å². The van der Waals surface area contributed by atoms with E-state index in [1.807, 2.05) is 61.5 Å². The second kappa shape index (κ2) is 9.44. The Bertz CT molecular complexity index is 1140. The number of nitrogens with two attached hydrogens (primary N) is 1. The van der Waals surface area contributed by atoms with Gasteiger partial charge >= 0.3 is 0 Å². The zero-order valence-electron chi connectivity index (χ0n) is 17.0. The molecule has 30 heavy (non-hydrogen) atoms. The van der Waals surface area contributed by atoms with Crippen molar-refractivity contribution in [2.45, 2.75) is 6.92 Å². The van der Waals surface area contributed by atoms with Gasteiger partial charge in [0, 0.05) is 22.3 Å². The maximum atomic E-state index is 12.6. The summed E-state index contributed by atoms with van der Waals surface area (Å²) in [7, 11) is 1.57. The molecule has 0 aliphatic rings. The highest BCUT2D eigenvalue weighted by Crippen LogP contribution is 2.25. The fraction of sp³-hybridized carbons (Fsp3) is 0.120. The molecule has 4 N–H and O–H groups in total. The summed E-state index contributed by atoms with van der Waals surface area (Å²) in [4.78, 5) is 12.6. The molecule has 0 radical (unpaired) electrons. The van der Waals surface area contributed by atoms with Crippen molar-refractivity contribution in [3.05, 3.63) is 94.5 Å². The van der Waals surface area contributed by atoms with Crippen LogP contribution in [0.25, 0.3) is 0 Å². The molecule has 0 aliphatic carbocycles. The van der Waals surface area contributed by atoms with Gasteiger partial charge < -0.3 is 15.8 Å². The number of amidine groups is 1. The first-order valence-electron chi connectivity index (χ1n) is 9.45. The molecule has 0 atom stereocenters. The van der Waals surface area contributed by atoms with Crippen molar-refractivity contribution in [2.75, 3.05) is 19.0 Å².